The molecule has 0 unspecified atom stereocenters. The van der Waals surface area contributed by atoms with Gasteiger partial charge in [0.05, 0.1) is 11.1 Å². The van der Waals surface area contributed by atoms with Gasteiger partial charge in [-0.05, 0) is 0 Å². The van der Waals surface area contributed by atoms with Gasteiger partial charge in [-0.1, -0.05) is 0 Å². The molecule has 4 N–H and O–H groups in total. The molecule has 0 bridgehead atoms. The molecule has 0 saturated carbocycles. The van der Waals surface area contributed by atoms with E-state index in [1.165, 1.54) is 10.8 Å². The van der Waals surface area contributed by atoms with Crippen molar-refractivity contribution >= 4 is 23.2 Å². The third kappa shape index (κ3) is 1.44. The topological polar surface area (TPSA) is 92.4 Å². The van der Waals surface area contributed by atoms with Crippen LogP contribution in [0.3, 0.4) is 0 Å². The summed E-state index contributed by atoms with van der Waals surface area (Å²) >= 11 is 1.14. The Labute approximate surface area is 71.8 Å². The molecule has 0 atom stereocenters. The number of nitrogens with two attached hydrogens (primary N) is 1. The molecule has 1 amide bonds. The van der Waals surface area contributed by atoms with Gasteiger partial charge in [-0.2, -0.15) is 11.3 Å². The maximum atomic E-state index is 10.9. The number of rotatable bonds is 2. The lowest BCUT2D eigenvalue weighted by molar-refractivity contribution is 0.0692. The fraction of sp³-hybridized carbons (Fsp3) is 0. The van der Waals surface area contributed by atoms with Crippen LogP contribution in [0.2, 0.25) is 0 Å². The molecule has 1 rings (SSSR count). The predicted molar refractivity (Wildman–Crippen MR) is 42.9 cm³/mol. The summed E-state index contributed by atoms with van der Waals surface area (Å²) in [5, 5.41) is 11.4. The molecule has 1 aromatic rings. The quantitative estimate of drug-likeness (QED) is 0.345. The van der Waals surface area contributed by atoms with Crippen LogP contribution in [0.4, 0.5) is 0 Å². The minimum atomic E-state index is -1.13. The second-order valence-electron chi connectivity index (χ2n) is 1.98. The van der Waals surface area contributed by atoms with Crippen LogP contribution >= 0.6 is 11.3 Å². The highest BCUT2D eigenvalue weighted by Gasteiger charge is 2.16. The molecule has 0 aliphatic carbocycles. The average Bonchev–Trinajstić information content (AvgIpc) is 2.50. The Hall–Kier alpha value is -1.40. The van der Waals surface area contributed by atoms with E-state index in [9.17, 15) is 9.59 Å². The van der Waals surface area contributed by atoms with E-state index in [0.29, 0.717) is 0 Å². The first-order valence-electron chi connectivity index (χ1n) is 2.97. The molecular formula is C6H6N2O3S. The Kier molecular flexibility index (Phi) is 2.41. The first-order chi connectivity index (χ1) is 5.66. The fourth-order valence-corrected chi connectivity index (χ4v) is 1.52. The standard InChI is InChI=1S/C6H6N2O3S/c7-8-5(9)3-1-12-2-4(3)6(10)11/h1-2H,7H2,(H,8,9)(H,10,11). The first-order valence-corrected chi connectivity index (χ1v) is 3.91. The number of aromatic carboxylic acids is 1. The van der Waals surface area contributed by atoms with Gasteiger partial charge in [0.2, 0.25) is 0 Å². The monoisotopic (exact) mass is 186 g/mol. The first kappa shape index (κ1) is 8.69. The Bertz CT molecular complexity index is 320. The summed E-state index contributed by atoms with van der Waals surface area (Å²) in [7, 11) is 0. The van der Waals surface area contributed by atoms with Crippen molar-refractivity contribution in [2.45, 2.75) is 0 Å². The van der Waals surface area contributed by atoms with E-state index in [-0.39, 0.29) is 11.1 Å². The summed E-state index contributed by atoms with van der Waals surface area (Å²) in [5.41, 5.74) is 1.93. The van der Waals surface area contributed by atoms with Crippen LogP contribution in [0, 0.1) is 0 Å². The smallest absolute Gasteiger partial charge is 0.337 e. The van der Waals surface area contributed by atoms with Crippen LogP contribution in [0.5, 0.6) is 0 Å². The summed E-state index contributed by atoms with van der Waals surface area (Å²) in [6, 6.07) is 0. The van der Waals surface area contributed by atoms with Gasteiger partial charge in [-0.25, -0.2) is 10.6 Å². The van der Waals surface area contributed by atoms with E-state index < -0.39 is 11.9 Å². The summed E-state index contributed by atoms with van der Waals surface area (Å²) in [6.07, 6.45) is 0. The van der Waals surface area contributed by atoms with Gasteiger partial charge in [-0.15, -0.1) is 0 Å². The van der Waals surface area contributed by atoms with Gasteiger partial charge in [0.25, 0.3) is 5.91 Å². The predicted octanol–water partition coefficient (Wildman–Crippen LogP) is 0.0498. The van der Waals surface area contributed by atoms with E-state index >= 15 is 0 Å². The zero-order valence-corrected chi connectivity index (χ0v) is 6.72. The van der Waals surface area contributed by atoms with Crippen LogP contribution < -0.4 is 11.3 Å². The highest BCUT2D eigenvalue weighted by molar-refractivity contribution is 7.08. The van der Waals surface area contributed by atoms with Crippen LogP contribution in [-0.4, -0.2) is 17.0 Å². The molecule has 0 saturated heterocycles. The summed E-state index contributed by atoms with van der Waals surface area (Å²) in [4.78, 5) is 21.4. The van der Waals surface area contributed by atoms with Gasteiger partial charge in [0, 0.05) is 10.8 Å². The third-order valence-electron chi connectivity index (χ3n) is 1.27. The number of hydrazine groups is 1. The normalized spacial score (nSPS) is 9.42. The molecule has 6 heteroatoms. The molecule has 5 nitrogen and oxygen atoms in total. The highest BCUT2D eigenvalue weighted by atomic mass is 32.1. The fourth-order valence-electron chi connectivity index (χ4n) is 0.716. The number of nitrogen functional groups attached to an aromatic ring is 1. The lowest BCUT2D eigenvalue weighted by Gasteiger charge is -1.96. The lowest BCUT2D eigenvalue weighted by atomic mass is 10.2. The van der Waals surface area contributed by atoms with Gasteiger partial charge < -0.3 is 5.11 Å². The van der Waals surface area contributed by atoms with Crippen molar-refractivity contribution in [3.63, 3.8) is 0 Å². The van der Waals surface area contributed by atoms with Crippen LogP contribution in [0.1, 0.15) is 20.7 Å². The van der Waals surface area contributed by atoms with E-state index in [2.05, 4.69) is 0 Å². The largest absolute Gasteiger partial charge is 0.478 e. The number of amides is 1. The molecule has 0 radical (unpaired) electrons. The van der Waals surface area contributed by atoms with Gasteiger partial charge >= 0.3 is 5.97 Å². The van der Waals surface area contributed by atoms with Crippen molar-refractivity contribution in [2.24, 2.45) is 5.84 Å². The zero-order valence-electron chi connectivity index (χ0n) is 5.90. The van der Waals surface area contributed by atoms with Gasteiger partial charge in [0.15, 0.2) is 0 Å². The number of thiophene rings is 1. The molecule has 0 aliphatic heterocycles. The number of carbonyl (C=O) groups is 2. The Morgan fingerprint density at radius 1 is 1.42 bits per heavy atom. The highest BCUT2D eigenvalue weighted by Crippen LogP contribution is 2.14. The average molecular weight is 186 g/mol. The van der Waals surface area contributed by atoms with Crippen molar-refractivity contribution in [1.82, 2.24) is 5.43 Å². The van der Waals surface area contributed by atoms with E-state index in [1.54, 1.807) is 0 Å². The van der Waals surface area contributed by atoms with Crippen molar-refractivity contribution in [2.75, 3.05) is 0 Å². The minimum Gasteiger partial charge on any atom is -0.478 e. The summed E-state index contributed by atoms with van der Waals surface area (Å²) < 4.78 is 0. The van der Waals surface area contributed by atoms with Crippen molar-refractivity contribution in [3.05, 3.63) is 21.9 Å². The Morgan fingerprint density at radius 2 is 2.00 bits per heavy atom. The van der Waals surface area contributed by atoms with Gasteiger partial charge in [-0.3, -0.25) is 10.2 Å². The maximum absolute atomic E-state index is 10.9. The number of hydrogen-bond acceptors (Lipinski definition) is 4. The van der Waals surface area contributed by atoms with Crippen LogP contribution in [0.15, 0.2) is 10.8 Å². The molecule has 0 fully saturated rings. The van der Waals surface area contributed by atoms with Crippen LogP contribution in [0.25, 0.3) is 0 Å². The molecule has 12 heavy (non-hydrogen) atoms. The number of carbonyl (C=O) groups excluding carboxylic acids is 1. The lowest BCUT2D eigenvalue weighted by Crippen LogP contribution is -2.30. The van der Waals surface area contributed by atoms with E-state index in [4.69, 9.17) is 10.9 Å². The van der Waals surface area contributed by atoms with Crippen molar-refractivity contribution in [1.29, 1.82) is 0 Å². The summed E-state index contributed by atoms with van der Waals surface area (Å²) in [5.74, 6) is 3.13. The number of hydrogen-bond donors (Lipinski definition) is 3. The zero-order chi connectivity index (χ0) is 9.14. The SMILES string of the molecule is NNC(=O)c1cscc1C(=O)O. The molecule has 64 valence electrons. The molecule has 0 aromatic carbocycles. The van der Waals surface area contributed by atoms with Crippen molar-refractivity contribution < 1.29 is 14.7 Å². The molecule has 0 aliphatic rings. The Balaban J connectivity index is 3.07. The summed E-state index contributed by atoms with van der Waals surface area (Å²) in [6.45, 7) is 0. The van der Waals surface area contributed by atoms with Crippen LogP contribution in [-0.2, 0) is 0 Å². The van der Waals surface area contributed by atoms with E-state index in [1.807, 2.05) is 5.43 Å². The number of carboxylic acids is 1. The maximum Gasteiger partial charge on any atom is 0.337 e. The second-order valence-corrected chi connectivity index (χ2v) is 2.72. The van der Waals surface area contributed by atoms with Crippen molar-refractivity contribution in [3.8, 4) is 0 Å². The molecule has 1 heterocycles. The van der Waals surface area contributed by atoms with Gasteiger partial charge in [0.1, 0.15) is 0 Å². The number of nitrogens with one attached hydrogen (secondary N) is 1. The second kappa shape index (κ2) is 3.33. The molecule has 1 aromatic heterocycles. The molecule has 0 spiro atoms. The minimum absolute atomic E-state index is 0.0250. The Morgan fingerprint density at radius 3 is 2.50 bits per heavy atom. The molecular weight excluding hydrogens is 180 g/mol. The third-order valence-corrected chi connectivity index (χ3v) is 2.01. The number of carboxylic acid groups (broad SMARTS) is 1. The van der Waals surface area contributed by atoms with E-state index in [0.717, 1.165) is 11.3 Å².